The Labute approximate surface area is 161 Å². The average Bonchev–Trinajstić information content (AvgIpc) is 3.18. The van der Waals surface area contributed by atoms with Crippen LogP contribution in [-0.2, 0) is 9.84 Å². The zero-order chi connectivity index (χ0) is 20.1. The highest BCUT2D eigenvalue weighted by Crippen LogP contribution is 2.20. The lowest BCUT2D eigenvalue weighted by Crippen LogP contribution is -2.32. The van der Waals surface area contributed by atoms with Crippen LogP contribution in [0.4, 0.5) is 4.39 Å². The molecule has 1 aromatic heterocycles. The average molecular weight is 403 g/mol. The van der Waals surface area contributed by atoms with Gasteiger partial charge in [0.05, 0.1) is 6.04 Å². The number of carbonyl (C=O) groups excluding carboxylic acids is 1. The Bertz CT molecular complexity index is 1060. The molecule has 0 saturated carbocycles. The quantitative estimate of drug-likeness (QED) is 0.654. The van der Waals surface area contributed by atoms with Crippen molar-refractivity contribution in [3.05, 3.63) is 83.9 Å². The third-order valence-corrected chi connectivity index (χ3v) is 4.87. The van der Waals surface area contributed by atoms with Crippen LogP contribution >= 0.6 is 0 Å². The summed E-state index contributed by atoms with van der Waals surface area (Å²) in [4.78, 5) is 12.5. The molecule has 0 bridgehead atoms. The number of halogens is 1. The van der Waals surface area contributed by atoms with E-state index in [9.17, 15) is 17.6 Å². The first-order valence-corrected chi connectivity index (χ1v) is 10.3. The molecular formula is C20H18FNO5S. The second kappa shape index (κ2) is 8.26. The minimum absolute atomic E-state index is 0.0314. The zero-order valence-corrected chi connectivity index (χ0v) is 15.8. The number of carbonyl (C=O) groups is 1. The van der Waals surface area contributed by atoms with Crippen LogP contribution in [0, 0.1) is 5.82 Å². The Morgan fingerprint density at radius 2 is 1.75 bits per heavy atom. The SMILES string of the molecule is CS(=O)(=O)c1ccc(C(=O)NC(COc2ccccc2F)c2ccccc2)o1. The van der Waals surface area contributed by atoms with Crippen molar-refractivity contribution >= 4 is 15.7 Å². The number of para-hydroxylation sites is 1. The van der Waals surface area contributed by atoms with Gasteiger partial charge in [-0.25, -0.2) is 12.8 Å². The van der Waals surface area contributed by atoms with Crippen molar-refractivity contribution in [1.82, 2.24) is 5.32 Å². The summed E-state index contributed by atoms with van der Waals surface area (Å²) in [6, 6.07) is 16.9. The topological polar surface area (TPSA) is 85.6 Å². The molecule has 0 saturated heterocycles. The molecule has 3 rings (SSSR count). The molecule has 2 aromatic carbocycles. The first-order valence-electron chi connectivity index (χ1n) is 8.37. The normalized spacial score (nSPS) is 12.4. The van der Waals surface area contributed by atoms with Gasteiger partial charge in [0.15, 0.2) is 17.3 Å². The molecule has 1 heterocycles. The first kappa shape index (κ1) is 19.6. The highest BCUT2D eigenvalue weighted by Gasteiger charge is 2.21. The van der Waals surface area contributed by atoms with Crippen molar-refractivity contribution in [2.75, 3.05) is 12.9 Å². The summed E-state index contributed by atoms with van der Waals surface area (Å²) < 4.78 is 47.5. The van der Waals surface area contributed by atoms with Crippen molar-refractivity contribution in [3.8, 4) is 5.75 Å². The van der Waals surface area contributed by atoms with Crippen molar-refractivity contribution in [2.45, 2.75) is 11.1 Å². The molecule has 0 aliphatic rings. The van der Waals surface area contributed by atoms with E-state index < -0.39 is 27.6 Å². The van der Waals surface area contributed by atoms with Crippen LogP contribution < -0.4 is 10.1 Å². The summed E-state index contributed by atoms with van der Waals surface area (Å²) in [7, 11) is -3.56. The molecule has 3 aromatic rings. The summed E-state index contributed by atoms with van der Waals surface area (Å²) in [6.45, 7) is -0.0314. The van der Waals surface area contributed by atoms with Gasteiger partial charge in [-0.1, -0.05) is 42.5 Å². The van der Waals surface area contributed by atoms with Gasteiger partial charge in [0.2, 0.25) is 14.9 Å². The zero-order valence-electron chi connectivity index (χ0n) is 15.0. The summed E-state index contributed by atoms with van der Waals surface area (Å²) in [5.74, 6) is -1.20. The van der Waals surface area contributed by atoms with E-state index in [4.69, 9.17) is 9.15 Å². The van der Waals surface area contributed by atoms with Gasteiger partial charge in [-0.05, 0) is 29.8 Å². The molecule has 1 amide bonds. The number of nitrogens with one attached hydrogen (secondary N) is 1. The molecule has 0 aliphatic carbocycles. The van der Waals surface area contributed by atoms with Crippen LogP contribution in [-0.4, -0.2) is 27.2 Å². The second-order valence-electron chi connectivity index (χ2n) is 6.07. The third-order valence-electron chi connectivity index (χ3n) is 3.92. The van der Waals surface area contributed by atoms with Crippen LogP contribution in [0.5, 0.6) is 5.75 Å². The lowest BCUT2D eigenvalue weighted by molar-refractivity contribution is 0.0887. The van der Waals surface area contributed by atoms with Gasteiger partial charge in [0.1, 0.15) is 6.61 Å². The molecular weight excluding hydrogens is 385 g/mol. The number of ether oxygens (including phenoxy) is 1. The molecule has 0 aliphatic heterocycles. The molecule has 0 spiro atoms. The molecule has 146 valence electrons. The predicted molar refractivity (Wildman–Crippen MR) is 100 cm³/mol. The molecule has 0 radical (unpaired) electrons. The van der Waals surface area contributed by atoms with E-state index in [1.807, 2.05) is 6.07 Å². The number of furan rings is 1. The highest BCUT2D eigenvalue weighted by molar-refractivity contribution is 7.90. The van der Waals surface area contributed by atoms with Crippen LogP contribution in [0.2, 0.25) is 0 Å². The summed E-state index contributed by atoms with van der Waals surface area (Å²) in [5, 5.41) is 2.43. The second-order valence-corrected chi connectivity index (χ2v) is 8.02. The Morgan fingerprint density at radius 1 is 1.07 bits per heavy atom. The molecule has 1 atom stereocenters. The van der Waals surface area contributed by atoms with E-state index in [0.717, 1.165) is 11.8 Å². The maximum atomic E-state index is 13.8. The van der Waals surface area contributed by atoms with E-state index in [1.165, 1.54) is 24.3 Å². The Kier molecular flexibility index (Phi) is 5.79. The maximum Gasteiger partial charge on any atom is 0.287 e. The Balaban J connectivity index is 1.78. The first-order chi connectivity index (χ1) is 13.3. The van der Waals surface area contributed by atoms with Crippen LogP contribution in [0.15, 0.2) is 76.2 Å². The van der Waals surface area contributed by atoms with E-state index in [1.54, 1.807) is 36.4 Å². The maximum absolute atomic E-state index is 13.8. The largest absolute Gasteiger partial charge is 0.488 e. The molecule has 8 heteroatoms. The Hall–Kier alpha value is -3.13. The molecule has 28 heavy (non-hydrogen) atoms. The summed E-state index contributed by atoms with van der Waals surface area (Å²) >= 11 is 0. The summed E-state index contributed by atoms with van der Waals surface area (Å²) in [5.41, 5.74) is 0.738. The van der Waals surface area contributed by atoms with Crippen molar-refractivity contribution in [2.24, 2.45) is 0 Å². The number of sulfone groups is 1. The van der Waals surface area contributed by atoms with Gasteiger partial charge in [0, 0.05) is 6.26 Å². The highest BCUT2D eigenvalue weighted by atomic mass is 32.2. The van der Waals surface area contributed by atoms with Crippen LogP contribution in [0.1, 0.15) is 22.2 Å². The van der Waals surface area contributed by atoms with E-state index in [0.29, 0.717) is 0 Å². The van der Waals surface area contributed by atoms with Gasteiger partial charge in [-0.15, -0.1) is 0 Å². The Morgan fingerprint density at radius 3 is 2.39 bits per heavy atom. The fourth-order valence-electron chi connectivity index (χ4n) is 2.51. The molecule has 6 nitrogen and oxygen atoms in total. The van der Waals surface area contributed by atoms with Crippen molar-refractivity contribution in [3.63, 3.8) is 0 Å². The number of hydrogen-bond acceptors (Lipinski definition) is 5. The number of benzene rings is 2. The number of hydrogen-bond donors (Lipinski definition) is 1. The standard InChI is InChI=1S/C20H18FNO5S/c1-28(24,25)19-12-11-18(27-19)20(23)22-16(14-7-3-2-4-8-14)13-26-17-10-6-5-9-15(17)21/h2-12,16H,13H2,1H3,(H,22,23). The van der Waals surface area contributed by atoms with Crippen LogP contribution in [0.25, 0.3) is 0 Å². The van der Waals surface area contributed by atoms with Gasteiger partial charge >= 0.3 is 0 Å². The van der Waals surface area contributed by atoms with E-state index >= 15 is 0 Å². The van der Waals surface area contributed by atoms with Gasteiger partial charge in [0.25, 0.3) is 5.91 Å². The number of amides is 1. The third kappa shape index (κ3) is 4.77. The lowest BCUT2D eigenvalue weighted by Gasteiger charge is -2.19. The van der Waals surface area contributed by atoms with Gasteiger partial charge in [-0.3, -0.25) is 4.79 Å². The minimum atomic E-state index is -3.56. The monoisotopic (exact) mass is 403 g/mol. The van der Waals surface area contributed by atoms with Gasteiger partial charge in [-0.2, -0.15) is 0 Å². The smallest absolute Gasteiger partial charge is 0.287 e. The lowest BCUT2D eigenvalue weighted by atomic mass is 10.1. The molecule has 1 N–H and O–H groups in total. The fraction of sp³-hybridized carbons (Fsp3) is 0.150. The van der Waals surface area contributed by atoms with Crippen LogP contribution in [0.3, 0.4) is 0 Å². The molecule has 0 fully saturated rings. The van der Waals surface area contributed by atoms with E-state index in [2.05, 4.69) is 5.32 Å². The van der Waals surface area contributed by atoms with Crippen molar-refractivity contribution < 1.29 is 26.8 Å². The van der Waals surface area contributed by atoms with E-state index in [-0.39, 0.29) is 23.2 Å². The predicted octanol–water partition coefficient (Wildman–Crippen LogP) is 3.37. The van der Waals surface area contributed by atoms with Crippen molar-refractivity contribution in [1.29, 1.82) is 0 Å². The van der Waals surface area contributed by atoms with Gasteiger partial charge < -0.3 is 14.5 Å². The minimum Gasteiger partial charge on any atom is -0.488 e. The fourth-order valence-corrected chi connectivity index (χ4v) is 3.07. The number of rotatable bonds is 7. The summed E-state index contributed by atoms with van der Waals surface area (Å²) in [6.07, 6.45) is 0.989. The molecule has 1 unspecified atom stereocenters.